The Bertz CT molecular complexity index is 884. The average Bonchev–Trinajstić information content (AvgIpc) is 3.12. The van der Waals surface area contributed by atoms with Crippen LogP contribution in [-0.2, 0) is 11.2 Å². The molecule has 5 heteroatoms. The number of fused-ring (bicyclic) bond motifs is 1. The highest BCUT2D eigenvalue weighted by Gasteiger charge is 2.18. The minimum absolute atomic E-state index is 0.0502. The van der Waals surface area contributed by atoms with E-state index in [0.717, 1.165) is 16.9 Å². The standard InChI is InChI=1S/C23H29N3OS/c1-16(2)19-11-9-18(10-12-19)13-14-24-22(27)15-26(4)17(3)23-25-20-7-5-6-8-21(20)28-23/h5-12,16-17H,13-15H2,1-4H3,(H,24,27)/t17-/m0/s1. The largest absolute Gasteiger partial charge is 0.355 e. The molecule has 0 aliphatic carbocycles. The summed E-state index contributed by atoms with van der Waals surface area (Å²) in [6, 6.07) is 16.9. The van der Waals surface area contributed by atoms with Gasteiger partial charge in [0.2, 0.25) is 5.91 Å². The quantitative estimate of drug-likeness (QED) is 0.597. The van der Waals surface area contributed by atoms with Gasteiger partial charge in [0.25, 0.3) is 0 Å². The molecule has 0 aliphatic heterocycles. The molecule has 0 aliphatic rings. The van der Waals surface area contributed by atoms with E-state index < -0.39 is 0 Å². The van der Waals surface area contributed by atoms with Crippen LogP contribution in [0.15, 0.2) is 48.5 Å². The van der Waals surface area contributed by atoms with Gasteiger partial charge in [0.1, 0.15) is 5.01 Å². The van der Waals surface area contributed by atoms with Crippen molar-refractivity contribution in [2.24, 2.45) is 0 Å². The zero-order valence-electron chi connectivity index (χ0n) is 17.1. The average molecular weight is 396 g/mol. The van der Waals surface area contributed by atoms with Crippen molar-refractivity contribution in [3.05, 3.63) is 64.7 Å². The summed E-state index contributed by atoms with van der Waals surface area (Å²) >= 11 is 1.69. The number of rotatable bonds is 8. The maximum atomic E-state index is 12.3. The van der Waals surface area contributed by atoms with Crippen molar-refractivity contribution >= 4 is 27.5 Å². The van der Waals surface area contributed by atoms with Gasteiger partial charge in [-0.15, -0.1) is 11.3 Å². The summed E-state index contributed by atoms with van der Waals surface area (Å²) in [5.74, 6) is 0.593. The maximum Gasteiger partial charge on any atom is 0.234 e. The molecule has 0 fully saturated rings. The summed E-state index contributed by atoms with van der Waals surface area (Å²) in [5.41, 5.74) is 3.62. The van der Waals surface area contributed by atoms with E-state index >= 15 is 0 Å². The van der Waals surface area contributed by atoms with Crippen molar-refractivity contribution in [1.82, 2.24) is 15.2 Å². The van der Waals surface area contributed by atoms with Gasteiger partial charge in [-0.2, -0.15) is 0 Å². The SMILES string of the molecule is CC(C)c1ccc(CCNC(=O)CN(C)[C@@H](C)c2nc3ccccc3s2)cc1. The van der Waals surface area contributed by atoms with E-state index in [1.54, 1.807) is 11.3 Å². The Morgan fingerprint density at radius 3 is 2.50 bits per heavy atom. The summed E-state index contributed by atoms with van der Waals surface area (Å²) in [6.45, 7) is 7.51. The van der Waals surface area contributed by atoms with Gasteiger partial charge in [-0.1, -0.05) is 50.2 Å². The fourth-order valence-electron chi connectivity index (χ4n) is 3.09. The van der Waals surface area contributed by atoms with E-state index in [9.17, 15) is 4.79 Å². The lowest BCUT2D eigenvalue weighted by Crippen LogP contribution is -2.37. The Labute approximate surface area is 171 Å². The van der Waals surface area contributed by atoms with Gasteiger partial charge in [0.05, 0.1) is 22.8 Å². The lowest BCUT2D eigenvalue weighted by molar-refractivity contribution is -0.122. The Hall–Kier alpha value is -2.24. The van der Waals surface area contributed by atoms with Gasteiger partial charge in [-0.05, 0) is 49.6 Å². The maximum absolute atomic E-state index is 12.3. The lowest BCUT2D eigenvalue weighted by atomic mass is 10.0. The molecule has 0 radical (unpaired) electrons. The predicted molar refractivity (Wildman–Crippen MR) is 118 cm³/mol. The number of benzene rings is 2. The highest BCUT2D eigenvalue weighted by Crippen LogP contribution is 2.28. The molecule has 2 aromatic carbocycles. The van der Waals surface area contributed by atoms with Gasteiger partial charge >= 0.3 is 0 Å². The molecule has 148 valence electrons. The topological polar surface area (TPSA) is 45.2 Å². The molecule has 3 rings (SSSR count). The molecule has 1 aromatic heterocycles. The molecule has 0 saturated heterocycles. The van der Waals surface area contributed by atoms with Crippen LogP contribution in [0.4, 0.5) is 0 Å². The number of likely N-dealkylation sites (N-methyl/N-ethyl adjacent to an activating group) is 1. The Morgan fingerprint density at radius 1 is 1.11 bits per heavy atom. The van der Waals surface area contributed by atoms with E-state index in [2.05, 4.69) is 56.4 Å². The second-order valence-electron chi connectivity index (χ2n) is 7.61. The van der Waals surface area contributed by atoms with Crippen molar-refractivity contribution in [3.63, 3.8) is 0 Å². The molecule has 0 bridgehead atoms. The summed E-state index contributed by atoms with van der Waals surface area (Å²) in [5, 5.41) is 4.08. The molecule has 1 atom stereocenters. The summed E-state index contributed by atoms with van der Waals surface area (Å²) in [4.78, 5) is 19.1. The second-order valence-corrected chi connectivity index (χ2v) is 8.67. The van der Waals surface area contributed by atoms with Gasteiger partial charge < -0.3 is 5.32 Å². The Kier molecular flexibility index (Phi) is 6.81. The van der Waals surface area contributed by atoms with Crippen LogP contribution in [0.3, 0.4) is 0 Å². The first-order chi connectivity index (χ1) is 13.4. The number of carbonyl (C=O) groups is 1. The summed E-state index contributed by atoms with van der Waals surface area (Å²) < 4.78 is 1.19. The molecule has 1 heterocycles. The van der Waals surface area contributed by atoms with Crippen LogP contribution >= 0.6 is 11.3 Å². The molecule has 3 aromatic rings. The number of aromatic nitrogens is 1. The van der Waals surface area contributed by atoms with Gasteiger partial charge in [-0.25, -0.2) is 4.98 Å². The first-order valence-electron chi connectivity index (χ1n) is 9.85. The number of hydrogen-bond acceptors (Lipinski definition) is 4. The van der Waals surface area contributed by atoms with E-state index in [1.165, 1.54) is 15.8 Å². The van der Waals surface area contributed by atoms with Crippen LogP contribution in [0.1, 0.15) is 48.9 Å². The minimum atomic E-state index is 0.0502. The zero-order valence-corrected chi connectivity index (χ0v) is 17.9. The number of thiazole rings is 1. The van der Waals surface area contributed by atoms with Crippen molar-refractivity contribution in [2.45, 2.75) is 39.2 Å². The number of carbonyl (C=O) groups excluding carboxylic acids is 1. The highest BCUT2D eigenvalue weighted by molar-refractivity contribution is 7.18. The van der Waals surface area contributed by atoms with E-state index in [-0.39, 0.29) is 11.9 Å². The summed E-state index contributed by atoms with van der Waals surface area (Å²) in [6.07, 6.45) is 0.848. The molecule has 1 N–H and O–H groups in total. The first-order valence-corrected chi connectivity index (χ1v) is 10.7. The van der Waals surface area contributed by atoms with Crippen molar-refractivity contribution in [2.75, 3.05) is 20.1 Å². The fourth-order valence-corrected chi connectivity index (χ4v) is 4.18. The minimum Gasteiger partial charge on any atom is -0.355 e. The molecular formula is C23H29N3OS. The lowest BCUT2D eigenvalue weighted by Gasteiger charge is -2.22. The van der Waals surface area contributed by atoms with Crippen LogP contribution in [0.5, 0.6) is 0 Å². The number of nitrogens with zero attached hydrogens (tertiary/aromatic N) is 2. The fraction of sp³-hybridized carbons (Fsp3) is 0.391. The number of amides is 1. The monoisotopic (exact) mass is 395 g/mol. The van der Waals surface area contributed by atoms with E-state index in [1.807, 2.05) is 30.1 Å². The second kappa shape index (κ2) is 9.30. The van der Waals surface area contributed by atoms with Crippen molar-refractivity contribution in [3.8, 4) is 0 Å². The number of nitrogens with one attached hydrogen (secondary N) is 1. The normalized spacial score (nSPS) is 12.6. The van der Waals surface area contributed by atoms with Crippen LogP contribution < -0.4 is 5.32 Å². The predicted octanol–water partition coefficient (Wildman–Crippen LogP) is 4.77. The van der Waals surface area contributed by atoms with Crippen LogP contribution in [0.25, 0.3) is 10.2 Å². The highest BCUT2D eigenvalue weighted by atomic mass is 32.1. The van der Waals surface area contributed by atoms with Crippen molar-refractivity contribution in [1.29, 1.82) is 0 Å². The van der Waals surface area contributed by atoms with Gasteiger partial charge in [0.15, 0.2) is 0 Å². The number of hydrogen-bond donors (Lipinski definition) is 1. The smallest absolute Gasteiger partial charge is 0.234 e. The molecule has 1 amide bonds. The molecule has 4 nitrogen and oxygen atoms in total. The van der Waals surface area contributed by atoms with Crippen LogP contribution in [-0.4, -0.2) is 35.9 Å². The molecule has 0 saturated carbocycles. The van der Waals surface area contributed by atoms with E-state index in [4.69, 9.17) is 4.98 Å². The number of para-hydroxylation sites is 1. The van der Waals surface area contributed by atoms with Gasteiger partial charge in [0, 0.05) is 6.54 Å². The molecule has 0 unspecified atom stereocenters. The van der Waals surface area contributed by atoms with Crippen LogP contribution in [0, 0.1) is 0 Å². The molecule has 0 spiro atoms. The summed E-state index contributed by atoms with van der Waals surface area (Å²) in [7, 11) is 1.97. The Balaban J connectivity index is 1.47. The first kappa shape index (κ1) is 20.5. The molecular weight excluding hydrogens is 366 g/mol. The van der Waals surface area contributed by atoms with Crippen molar-refractivity contribution < 1.29 is 4.79 Å². The third kappa shape index (κ3) is 5.18. The van der Waals surface area contributed by atoms with Gasteiger partial charge in [-0.3, -0.25) is 9.69 Å². The third-order valence-corrected chi connectivity index (χ3v) is 6.31. The van der Waals surface area contributed by atoms with E-state index in [0.29, 0.717) is 19.0 Å². The Morgan fingerprint density at radius 2 is 1.82 bits per heavy atom. The molecule has 28 heavy (non-hydrogen) atoms. The van der Waals surface area contributed by atoms with Crippen LogP contribution in [0.2, 0.25) is 0 Å². The third-order valence-electron chi connectivity index (χ3n) is 5.10. The zero-order chi connectivity index (χ0) is 20.1.